The van der Waals surface area contributed by atoms with Gasteiger partial charge in [0.25, 0.3) is 0 Å². The Morgan fingerprint density at radius 3 is 2.64 bits per heavy atom. The predicted octanol–water partition coefficient (Wildman–Crippen LogP) is 0.344. The fourth-order valence-electron chi connectivity index (χ4n) is 1.08. The largest absolute Gasteiger partial charge is 0.341 e. The average molecular weight is 156 g/mol. The molecule has 1 aliphatic carbocycles. The van der Waals surface area contributed by atoms with Crippen molar-refractivity contribution in [3.63, 3.8) is 0 Å². The van der Waals surface area contributed by atoms with E-state index in [0.29, 0.717) is 6.04 Å². The number of amides is 1. The van der Waals surface area contributed by atoms with Gasteiger partial charge in [-0.1, -0.05) is 6.92 Å². The van der Waals surface area contributed by atoms with Crippen molar-refractivity contribution in [2.75, 3.05) is 7.05 Å². The summed E-state index contributed by atoms with van der Waals surface area (Å²) < 4.78 is 0. The SMILES string of the molecule is CC[C@@H](N)C(=O)N(C)C1CC1. The maximum absolute atomic E-state index is 11.4. The molecule has 0 spiro atoms. The van der Waals surface area contributed by atoms with Crippen LogP contribution in [0.15, 0.2) is 0 Å². The number of likely N-dealkylation sites (N-methyl/N-ethyl adjacent to an activating group) is 1. The van der Waals surface area contributed by atoms with E-state index < -0.39 is 0 Å². The molecule has 64 valence electrons. The van der Waals surface area contributed by atoms with E-state index in [9.17, 15) is 4.79 Å². The summed E-state index contributed by atoms with van der Waals surface area (Å²) >= 11 is 0. The molecule has 1 aliphatic rings. The summed E-state index contributed by atoms with van der Waals surface area (Å²) in [4.78, 5) is 13.1. The summed E-state index contributed by atoms with van der Waals surface area (Å²) in [5.41, 5.74) is 5.59. The first-order chi connectivity index (χ1) is 5.16. The minimum Gasteiger partial charge on any atom is -0.341 e. The number of rotatable bonds is 3. The van der Waals surface area contributed by atoms with E-state index in [1.165, 1.54) is 0 Å². The summed E-state index contributed by atoms with van der Waals surface area (Å²) in [6, 6.07) is 0.195. The Morgan fingerprint density at radius 2 is 2.27 bits per heavy atom. The lowest BCUT2D eigenvalue weighted by Gasteiger charge is -2.19. The minimum atomic E-state index is -0.291. The van der Waals surface area contributed by atoms with E-state index in [0.717, 1.165) is 19.3 Å². The molecule has 1 rings (SSSR count). The molecular formula is C8H16N2O. The molecule has 1 fully saturated rings. The Hall–Kier alpha value is -0.570. The molecule has 0 aromatic carbocycles. The third-order valence-corrected chi connectivity index (χ3v) is 2.20. The first-order valence-corrected chi connectivity index (χ1v) is 4.19. The zero-order valence-electron chi connectivity index (χ0n) is 7.21. The third-order valence-electron chi connectivity index (χ3n) is 2.20. The van der Waals surface area contributed by atoms with E-state index >= 15 is 0 Å². The second-order valence-corrected chi connectivity index (χ2v) is 3.20. The Morgan fingerprint density at radius 1 is 1.73 bits per heavy atom. The highest BCUT2D eigenvalue weighted by Gasteiger charge is 2.31. The summed E-state index contributed by atoms with van der Waals surface area (Å²) in [5, 5.41) is 0. The molecule has 3 nitrogen and oxygen atoms in total. The van der Waals surface area contributed by atoms with Gasteiger partial charge in [0, 0.05) is 13.1 Å². The van der Waals surface area contributed by atoms with Crippen molar-refractivity contribution in [1.29, 1.82) is 0 Å². The van der Waals surface area contributed by atoms with E-state index in [1.54, 1.807) is 4.90 Å². The number of carbonyl (C=O) groups is 1. The lowest BCUT2D eigenvalue weighted by atomic mass is 10.2. The van der Waals surface area contributed by atoms with Crippen molar-refractivity contribution in [1.82, 2.24) is 4.90 Å². The van der Waals surface area contributed by atoms with Gasteiger partial charge in [0.2, 0.25) is 5.91 Å². The van der Waals surface area contributed by atoms with Crippen LogP contribution >= 0.6 is 0 Å². The molecule has 0 aromatic rings. The molecule has 0 aliphatic heterocycles. The van der Waals surface area contributed by atoms with Crippen LogP contribution in [0.1, 0.15) is 26.2 Å². The van der Waals surface area contributed by atoms with Gasteiger partial charge in [-0.2, -0.15) is 0 Å². The first kappa shape index (κ1) is 8.53. The van der Waals surface area contributed by atoms with Crippen molar-refractivity contribution in [3.05, 3.63) is 0 Å². The highest BCUT2D eigenvalue weighted by molar-refractivity contribution is 5.81. The maximum Gasteiger partial charge on any atom is 0.239 e. The Bertz CT molecular complexity index is 154. The average Bonchev–Trinajstić information content (AvgIpc) is 2.82. The van der Waals surface area contributed by atoms with Gasteiger partial charge in [0.05, 0.1) is 6.04 Å². The number of nitrogens with two attached hydrogens (primary N) is 1. The molecule has 0 bridgehead atoms. The quantitative estimate of drug-likeness (QED) is 0.640. The molecule has 2 N–H and O–H groups in total. The van der Waals surface area contributed by atoms with Crippen LogP contribution < -0.4 is 5.73 Å². The van der Waals surface area contributed by atoms with Crippen LogP contribution in [-0.2, 0) is 4.79 Å². The van der Waals surface area contributed by atoms with Gasteiger partial charge in [-0.05, 0) is 19.3 Å². The lowest BCUT2D eigenvalue weighted by Crippen LogP contribution is -2.42. The van der Waals surface area contributed by atoms with Crippen LogP contribution in [0.25, 0.3) is 0 Å². The zero-order chi connectivity index (χ0) is 8.43. The fourth-order valence-corrected chi connectivity index (χ4v) is 1.08. The van der Waals surface area contributed by atoms with Gasteiger partial charge in [0.1, 0.15) is 0 Å². The van der Waals surface area contributed by atoms with Crippen LogP contribution in [0.4, 0.5) is 0 Å². The van der Waals surface area contributed by atoms with Gasteiger partial charge in [-0.15, -0.1) is 0 Å². The number of carbonyl (C=O) groups excluding carboxylic acids is 1. The molecule has 0 radical (unpaired) electrons. The summed E-state index contributed by atoms with van der Waals surface area (Å²) in [6.07, 6.45) is 3.03. The van der Waals surface area contributed by atoms with E-state index in [2.05, 4.69) is 0 Å². The molecule has 1 saturated carbocycles. The molecule has 0 saturated heterocycles. The summed E-state index contributed by atoms with van der Waals surface area (Å²) in [5.74, 6) is 0.0926. The van der Waals surface area contributed by atoms with Crippen LogP contribution in [0.5, 0.6) is 0 Å². The number of nitrogens with zero attached hydrogens (tertiary/aromatic N) is 1. The van der Waals surface area contributed by atoms with Gasteiger partial charge >= 0.3 is 0 Å². The monoisotopic (exact) mass is 156 g/mol. The lowest BCUT2D eigenvalue weighted by molar-refractivity contribution is -0.131. The van der Waals surface area contributed by atoms with Crippen molar-refractivity contribution in [2.24, 2.45) is 5.73 Å². The van der Waals surface area contributed by atoms with Crippen molar-refractivity contribution in [3.8, 4) is 0 Å². The van der Waals surface area contributed by atoms with Crippen LogP contribution in [0.2, 0.25) is 0 Å². The Balaban J connectivity index is 2.38. The molecule has 1 amide bonds. The molecule has 1 atom stereocenters. The van der Waals surface area contributed by atoms with E-state index in [-0.39, 0.29) is 11.9 Å². The van der Waals surface area contributed by atoms with Crippen molar-refractivity contribution < 1.29 is 4.79 Å². The zero-order valence-corrected chi connectivity index (χ0v) is 7.21. The molecule has 0 heterocycles. The van der Waals surface area contributed by atoms with Crippen LogP contribution in [-0.4, -0.2) is 29.9 Å². The first-order valence-electron chi connectivity index (χ1n) is 4.19. The molecule has 0 unspecified atom stereocenters. The Labute approximate surface area is 67.5 Å². The van der Waals surface area contributed by atoms with Crippen LogP contribution in [0, 0.1) is 0 Å². The maximum atomic E-state index is 11.4. The molecule has 11 heavy (non-hydrogen) atoms. The van der Waals surface area contributed by atoms with Crippen molar-refractivity contribution >= 4 is 5.91 Å². The Kier molecular flexibility index (Phi) is 2.49. The van der Waals surface area contributed by atoms with Gasteiger partial charge < -0.3 is 10.6 Å². The van der Waals surface area contributed by atoms with E-state index in [1.807, 2.05) is 14.0 Å². The van der Waals surface area contributed by atoms with Gasteiger partial charge in [0.15, 0.2) is 0 Å². The van der Waals surface area contributed by atoms with Crippen LogP contribution in [0.3, 0.4) is 0 Å². The minimum absolute atomic E-state index is 0.0926. The second-order valence-electron chi connectivity index (χ2n) is 3.20. The summed E-state index contributed by atoms with van der Waals surface area (Å²) in [7, 11) is 1.84. The standard InChI is InChI=1S/C8H16N2O/c1-3-7(9)8(11)10(2)6-4-5-6/h6-7H,3-5,9H2,1-2H3/t7-/m1/s1. The van der Waals surface area contributed by atoms with E-state index in [4.69, 9.17) is 5.73 Å². The number of hydrogen-bond acceptors (Lipinski definition) is 2. The van der Waals surface area contributed by atoms with Crippen molar-refractivity contribution in [2.45, 2.75) is 38.3 Å². The predicted molar refractivity (Wildman–Crippen MR) is 44.1 cm³/mol. The molecule has 3 heteroatoms. The fraction of sp³-hybridized carbons (Fsp3) is 0.875. The summed E-state index contributed by atoms with van der Waals surface area (Å²) in [6.45, 7) is 1.93. The second kappa shape index (κ2) is 3.22. The topological polar surface area (TPSA) is 46.3 Å². The normalized spacial score (nSPS) is 19.5. The number of hydrogen-bond donors (Lipinski definition) is 1. The third kappa shape index (κ3) is 1.93. The molecular weight excluding hydrogens is 140 g/mol. The highest BCUT2D eigenvalue weighted by Crippen LogP contribution is 2.25. The molecule has 0 aromatic heterocycles. The smallest absolute Gasteiger partial charge is 0.239 e. The van der Waals surface area contributed by atoms with Gasteiger partial charge in [-0.3, -0.25) is 4.79 Å². The highest BCUT2D eigenvalue weighted by atomic mass is 16.2. The van der Waals surface area contributed by atoms with Gasteiger partial charge in [-0.25, -0.2) is 0 Å².